The largest absolute Gasteiger partial charge is 0.352 e. The first-order valence-electron chi connectivity index (χ1n) is 9.78. The van der Waals surface area contributed by atoms with Gasteiger partial charge in [-0.15, -0.1) is 24.0 Å². The van der Waals surface area contributed by atoms with Crippen molar-refractivity contribution in [1.82, 2.24) is 14.9 Å². The molecule has 0 atom stereocenters. The topological polar surface area (TPSA) is 73.8 Å². The molecule has 0 unspecified atom stereocenters. The van der Waals surface area contributed by atoms with Gasteiger partial charge in [0.1, 0.15) is 0 Å². The number of sulfonamides is 1. The fourth-order valence-corrected chi connectivity index (χ4v) is 5.31. The second kappa shape index (κ2) is 11.9. The van der Waals surface area contributed by atoms with E-state index in [1.807, 2.05) is 36.4 Å². The number of guanidine groups is 1. The first kappa shape index (κ1) is 24.9. The molecular weight excluding hydrogens is 535 g/mol. The van der Waals surface area contributed by atoms with Crippen molar-refractivity contribution in [3.05, 3.63) is 64.7 Å². The average molecular weight is 563 g/mol. The summed E-state index contributed by atoms with van der Waals surface area (Å²) in [6.45, 7) is 2.05. The summed E-state index contributed by atoms with van der Waals surface area (Å²) < 4.78 is 27.8. The Morgan fingerprint density at radius 2 is 1.53 bits per heavy atom. The summed E-state index contributed by atoms with van der Waals surface area (Å²) in [5.74, 6) is 0.579. The zero-order valence-corrected chi connectivity index (χ0v) is 20.9. The monoisotopic (exact) mass is 562 g/mol. The van der Waals surface area contributed by atoms with E-state index in [4.69, 9.17) is 11.6 Å². The minimum Gasteiger partial charge on any atom is -0.352 e. The number of rotatable bonds is 6. The Hall–Kier alpha value is -1.36. The summed E-state index contributed by atoms with van der Waals surface area (Å²) in [4.78, 5) is 4.58. The minimum absolute atomic E-state index is 0. The molecule has 2 aromatic carbocycles. The molecule has 1 fully saturated rings. The molecule has 9 heteroatoms. The number of piperidine rings is 1. The number of nitrogens with zero attached hydrogens (tertiary/aromatic N) is 2. The van der Waals surface area contributed by atoms with E-state index in [0.29, 0.717) is 42.1 Å². The van der Waals surface area contributed by atoms with Crippen LogP contribution in [0.1, 0.15) is 30.4 Å². The maximum atomic E-state index is 13.1. The second-order valence-electron chi connectivity index (χ2n) is 6.94. The summed E-state index contributed by atoms with van der Waals surface area (Å²) in [6, 6.07) is 14.8. The van der Waals surface area contributed by atoms with Crippen LogP contribution in [0.4, 0.5) is 0 Å². The van der Waals surface area contributed by atoms with E-state index in [2.05, 4.69) is 15.6 Å². The van der Waals surface area contributed by atoms with Gasteiger partial charge in [-0.05, 0) is 36.1 Å². The Morgan fingerprint density at radius 1 is 0.967 bits per heavy atom. The Labute approximate surface area is 201 Å². The fraction of sp³-hybridized carbons (Fsp3) is 0.381. The number of halogens is 2. The highest BCUT2D eigenvalue weighted by Crippen LogP contribution is 2.23. The van der Waals surface area contributed by atoms with E-state index < -0.39 is 10.0 Å². The highest BCUT2D eigenvalue weighted by molar-refractivity contribution is 14.0. The molecular formula is C21H28ClIN4O2S. The molecule has 1 saturated heterocycles. The predicted molar refractivity (Wildman–Crippen MR) is 133 cm³/mol. The van der Waals surface area contributed by atoms with Crippen LogP contribution in [0.25, 0.3) is 0 Å². The first-order chi connectivity index (χ1) is 14.0. The van der Waals surface area contributed by atoms with Crippen LogP contribution in [0, 0.1) is 0 Å². The molecule has 6 nitrogen and oxygen atoms in total. The van der Waals surface area contributed by atoms with Crippen LogP contribution < -0.4 is 10.6 Å². The van der Waals surface area contributed by atoms with E-state index in [0.717, 1.165) is 30.4 Å². The molecule has 3 rings (SSSR count). The molecule has 0 amide bonds. The Balaban J connectivity index is 0.00000320. The highest BCUT2D eigenvalue weighted by Gasteiger charge is 2.27. The third kappa shape index (κ3) is 6.32. The molecule has 0 saturated carbocycles. The lowest BCUT2D eigenvalue weighted by atomic mass is 10.2. The number of benzene rings is 2. The predicted octanol–water partition coefficient (Wildman–Crippen LogP) is 4.00. The maximum absolute atomic E-state index is 13.1. The van der Waals surface area contributed by atoms with Crippen molar-refractivity contribution in [1.29, 1.82) is 0 Å². The van der Waals surface area contributed by atoms with Gasteiger partial charge in [-0.3, -0.25) is 4.99 Å². The third-order valence-corrected chi connectivity index (χ3v) is 7.35. The number of nitrogens with one attached hydrogen (secondary N) is 2. The highest BCUT2D eigenvalue weighted by atomic mass is 127. The lowest BCUT2D eigenvalue weighted by molar-refractivity contribution is 0.346. The molecule has 1 aliphatic heterocycles. The number of hydrogen-bond acceptors (Lipinski definition) is 3. The van der Waals surface area contributed by atoms with Crippen LogP contribution in [0.3, 0.4) is 0 Å². The zero-order chi connectivity index (χ0) is 20.7. The normalized spacial score (nSPS) is 15.3. The van der Waals surface area contributed by atoms with E-state index in [-0.39, 0.29) is 24.0 Å². The summed E-state index contributed by atoms with van der Waals surface area (Å²) in [5.41, 5.74) is 1.68. The number of hydrogen-bond donors (Lipinski definition) is 2. The number of aliphatic imine (C=N–C) groups is 1. The molecule has 1 heterocycles. The minimum atomic E-state index is -3.49. The molecule has 0 spiro atoms. The van der Waals surface area contributed by atoms with Gasteiger partial charge in [0.2, 0.25) is 10.0 Å². The molecule has 0 aromatic heterocycles. The Kier molecular flexibility index (Phi) is 9.86. The van der Waals surface area contributed by atoms with E-state index >= 15 is 0 Å². The quantitative estimate of drug-likeness (QED) is 0.317. The molecule has 2 aromatic rings. The van der Waals surface area contributed by atoms with Crippen molar-refractivity contribution in [2.75, 3.05) is 20.1 Å². The van der Waals surface area contributed by atoms with Gasteiger partial charge in [0.15, 0.2) is 5.96 Å². The van der Waals surface area contributed by atoms with Crippen LogP contribution in [0.15, 0.2) is 58.4 Å². The van der Waals surface area contributed by atoms with Crippen LogP contribution in [0.5, 0.6) is 0 Å². The van der Waals surface area contributed by atoms with Gasteiger partial charge < -0.3 is 10.6 Å². The van der Waals surface area contributed by atoms with Crippen molar-refractivity contribution in [2.45, 2.75) is 37.2 Å². The lowest BCUT2D eigenvalue weighted by Gasteiger charge is -2.27. The zero-order valence-electron chi connectivity index (χ0n) is 17.0. The van der Waals surface area contributed by atoms with Gasteiger partial charge in [0.25, 0.3) is 0 Å². The van der Waals surface area contributed by atoms with Crippen LogP contribution in [-0.4, -0.2) is 38.8 Å². The van der Waals surface area contributed by atoms with Gasteiger partial charge >= 0.3 is 0 Å². The summed E-state index contributed by atoms with van der Waals surface area (Å²) >= 11 is 6.20. The van der Waals surface area contributed by atoms with Gasteiger partial charge in [-0.25, -0.2) is 8.42 Å². The van der Waals surface area contributed by atoms with Crippen LogP contribution >= 0.6 is 35.6 Å². The fourth-order valence-electron chi connectivity index (χ4n) is 3.37. The molecule has 0 aliphatic carbocycles. The van der Waals surface area contributed by atoms with Gasteiger partial charge in [0, 0.05) is 38.2 Å². The van der Waals surface area contributed by atoms with Crippen molar-refractivity contribution in [3.8, 4) is 0 Å². The molecule has 164 valence electrons. The molecule has 1 aliphatic rings. The van der Waals surface area contributed by atoms with Crippen molar-refractivity contribution in [3.63, 3.8) is 0 Å². The maximum Gasteiger partial charge on any atom is 0.243 e. The molecule has 30 heavy (non-hydrogen) atoms. The average Bonchev–Trinajstić information content (AvgIpc) is 2.76. The van der Waals surface area contributed by atoms with Crippen LogP contribution in [0.2, 0.25) is 5.02 Å². The summed E-state index contributed by atoms with van der Waals surface area (Å²) in [6.07, 6.45) is 2.92. The van der Waals surface area contributed by atoms with Gasteiger partial charge in [0.05, 0.1) is 4.90 Å². The van der Waals surface area contributed by atoms with Crippen molar-refractivity contribution in [2.24, 2.45) is 4.99 Å². The smallest absolute Gasteiger partial charge is 0.243 e. The van der Waals surface area contributed by atoms with E-state index in [1.165, 1.54) is 0 Å². The molecule has 0 bridgehead atoms. The second-order valence-corrected chi connectivity index (χ2v) is 9.26. The Bertz CT molecular complexity index is 963. The van der Waals surface area contributed by atoms with Gasteiger partial charge in [-0.2, -0.15) is 4.31 Å². The van der Waals surface area contributed by atoms with Crippen molar-refractivity contribution < 1.29 is 8.42 Å². The van der Waals surface area contributed by atoms with E-state index in [9.17, 15) is 8.42 Å². The summed E-state index contributed by atoms with van der Waals surface area (Å²) in [5, 5.41) is 7.10. The Morgan fingerprint density at radius 3 is 2.17 bits per heavy atom. The summed E-state index contributed by atoms with van der Waals surface area (Å²) in [7, 11) is -1.81. The SMILES string of the molecule is CN=C(NCc1ccccc1Cl)NCc1ccccc1S(=O)(=O)N1CCCCC1.I. The van der Waals surface area contributed by atoms with Crippen molar-refractivity contribution >= 4 is 51.6 Å². The van der Waals surface area contributed by atoms with E-state index in [1.54, 1.807) is 23.5 Å². The first-order valence-corrected chi connectivity index (χ1v) is 11.6. The molecule has 0 radical (unpaired) electrons. The van der Waals surface area contributed by atoms with Crippen LogP contribution in [-0.2, 0) is 23.1 Å². The van der Waals surface area contributed by atoms with Gasteiger partial charge in [-0.1, -0.05) is 54.4 Å². The lowest BCUT2D eigenvalue weighted by Crippen LogP contribution is -2.38. The molecule has 2 N–H and O–H groups in total. The third-order valence-electron chi connectivity index (χ3n) is 4.98. The standard InChI is InChI=1S/C21H27ClN4O2S.HI/c1-23-21(24-15-17-9-3-5-11-19(17)22)25-16-18-10-4-6-12-20(18)29(27,28)26-13-7-2-8-14-26;/h3-6,9-12H,2,7-8,13-16H2,1H3,(H2,23,24,25);1H.